The molecule has 4 aromatic rings. The number of pyridine rings is 1. The van der Waals surface area contributed by atoms with Crippen LogP contribution in [-0.2, 0) is 19.6 Å². The summed E-state index contributed by atoms with van der Waals surface area (Å²) < 4.78 is 15.9. The Labute approximate surface area is 215 Å². The van der Waals surface area contributed by atoms with Gasteiger partial charge in [0.15, 0.2) is 0 Å². The number of anilines is 2. The Bertz CT molecular complexity index is 1480. The number of amides is 2. The SMILES string of the molecule is Cc1ccc(F)cc1C(=O)Nc1ccc(C(=O)N2Cc3ccc(CN(C)C)n3Cc3ccccc32)cn1. The number of carbonyl (C=O) groups is 2. The topological polar surface area (TPSA) is 70.5 Å². The first-order valence-corrected chi connectivity index (χ1v) is 12.1. The first-order valence-electron chi connectivity index (χ1n) is 12.1. The van der Waals surface area contributed by atoms with Gasteiger partial charge in [0.1, 0.15) is 11.6 Å². The number of carbonyl (C=O) groups excluding carboxylic acids is 2. The Balaban J connectivity index is 1.40. The first-order chi connectivity index (χ1) is 17.8. The van der Waals surface area contributed by atoms with Crippen LogP contribution in [0.15, 0.2) is 72.9 Å². The average Bonchev–Trinajstić information content (AvgIpc) is 3.15. The van der Waals surface area contributed by atoms with Crippen molar-refractivity contribution in [3.05, 3.63) is 112 Å². The molecular weight excluding hydrogens is 469 g/mol. The quantitative estimate of drug-likeness (QED) is 0.428. The Hall–Kier alpha value is -4.30. The van der Waals surface area contributed by atoms with E-state index in [-0.39, 0.29) is 17.3 Å². The number of rotatable bonds is 5. The van der Waals surface area contributed by atoms with Gasteiger partial charge < -0.3 is 19.7 Å². The van der Waals surface area contributed by atoms with Crippen molar-refractivity contribution >= 4 is 23.3 Å². The second-order valence-electron chi connectivity index (χ2n) is 9.51. The van der Waals surface area contributed by atoms with Crippen molar-refractivity contribution in [1.82, 2.24) is 14.5 Å². The Kier molecular flexibility index (Phi) is 6.58. The highest BCUT2D eigenvalue weighted by atomic mass is 19.1. The van der Waals surface area contributed by atoms with E-state index in [4.69, 9.17) is 0 Å². The summed E-state index contributed by atoms with van der Waals surface area (Å²) in [7, 11) is 4.08. The van der Waals surface area contributed by atoms with Crippen LogP contribution in [0.3, 0.4) is 0 Å². The number of halogens is 1. The maximum atomic E-state index is 13.7. The monoisotopic (exact) mass is 497 g/mol. The predicted octanol–water partition coefficient (Wildman–Crippen LogP) is 4.85. The number of nitrogens with zero attached hydrogens (tertiary/aromatic N) is 4. The highest BCUT2D eigenvalue weighted by molar-refractivity contribution is 6.07. The standard InChI is InChI=1S/C29H28FN5O2/c1-19-8-10-22(30)14-25(19)28(36)32-27-13-9-20(15-31-27)29(37)35-18-24-12-11-23(17-33(2)3)34(24)16-21-6-4-5-7-26(21)35/h4-15H,16-18H2,1-3H3,(H,31,32,36). The molecule has 8 heteroatoms. The number of nitrogens with one attached hydrogen (secondary N) is 1. The van der Waals surface area contributed by atoms with E-state index in [1.165, 1.54) is 24.0 Å². The molecule has 1 aliphatic rings. The van der Waals surface area contributed by atoms with Gasteiger partial charge in [-0.1, -0.05) is 24.3 Å². The fraction of sp³-hybridized carbons (Fsp3) is 0.207. The van der Waals surface area contributed by atoms with E-state index in [1.807, 2.05) is 32.3 Å². The zero-order valence-electron chi connectivity index (χ0n) is 21.0. The minimum Gasteiger partial charge on any atom is -0.341 e. The summed E-state index contributed by atoms with van der Waals surface area (Å²) in [6.45, 7) is 3.67. The number of fused-ring (bicyclic) bond motifs is 2. The molecule has 37 heavy (non-hydrogen) atoms. The van der Waals surface area contributed by atoms with E-state index in [0.29, 0.717) is 24.2 Å². The molecule has 188 valence electrons. The van der Waals surface area contributed by atoms with Gasteiger partial charge in [0.05, 0.1) is 12.1 Å². The largest absolute Gasteiger partial charge is 0.341 e. The van der Waals surface area contributed by atoms with Gasteiger partial charge in [-0.2, -0.15) is 0 Å². The molecule has 0 radical (unpaired) electrons. The fourth-order valence-corrected chi connectivity index (χ4v) is 4.64. The third kappa shape index (κ3) is 5.01. The van der Waals surface area contributed by atoms with Crippen molar-refractivity contribution in [3.8, 4) is 0 Å². The second-order valence-corrected chi connectivity index (χ2v) is 9.51. The Morgan fingerprint density at radius 1 is 1.03 bits per heavy atom. The Morgan fingerprint density at radius 3 is 2.59 bits per heavy atom. The van der Waals surface area contributed by atoms with Gasteiger partial charge >= 0.3 is 0 Å². The smallest absolute Gasteiger partial charge is 0.260 e. The van der Waals surface area contributed by atoms with Gasteiger partial charge in [0.2, 0.25) is 0 Å². The summed E-state index contributed by atoms with van der Waals surface area (Å²) >= 11 is 0. The van der Waals surface area contributed by atoms with Crippen molar-refractivity contribution in [2.45, 2.75) is 26.6 Å². The second kappa shape index (κ2) is 9.99. The molecule has 0 atom stereocenters. The molecule has 7 nitrogen and oxygen atoms in total. The van der Waals surface area contributed by atoms with Crippen LogP contribution in [0.25, 0.3) is 0 Å². The van der Waals surface area contributed by atoms with Crippen molar-refractivity contribution < 1.29 is 14.0 Å². The summed E-state index contributed by atoms with van der Waals surface area (Å²) in [5.74, 6) is -0.840. The molecule has 2 aromatic carbocycles. The molecule has 3 heterocycles. The van der Waals surface area contributed by atoms with Crippen LogP contribution in [0.5, 0.6) is 0 Å². The van der Waals surface area contributed by atoms with Crippen molar-refractivity contribution in [2.75, 3.05) is 24.3 Å². The number of aryl methyl sites for hydroxylation is 1. The zero-order chi connectivity index (χ0) is 26.1. The molecule has 1 N–H and O–H groups in total. The van der Waals surface area contributed by atoms with Crippen LogP contribution in [-0.4, -0.2) is 40.4 Å². The summed E-state index contributed by atoms with van der Waals surface area (Å²) in [5, 5.41) is 2.68. The average molecular weight is 498 g/mol. The van der Waals surface area contributed by atoms with Crippen LogP contribution < -0.4 is 10.2 Å². The molecular formula is C29H28FN5O2. The molecule has 0 saturated heterocycles. The van der Waals surface area contributed by atoms with Gasteiger partial charge in [-0.3, -0.25) is 9.59 Å². The molecule has 0 spiro atoms. The molecule has 0 aliphatic carbocycles. The minimum atomic E-state index is -0.484. The summed E-state index contributed by atoms with van der Waals surface area (Å²) in [5.41, 5.74) is 5.48. The van der Waals surface area contributed by atoms with Crippen molar-refractivity contribution in [2.24, 2.45) is 0 Å². The lowest BCUT2D eigenvalue weighted by Crippen LogP contribution is -2.30. The molecule has 0 bridgehead atoms. The lowest BCUT2D eigenvalue weighted by Gasteiger charge is -2.22. The fourth-order valence-electron chi connectivity index (χ4n) is 4.64. The van der Waals surface area contributed by atoms with E-state index in [2.05, 4.69) is 38.0 Å². The maximum Gasteiger partial charge on any atom is 0.260 e. The third-order valence-electron chi connectivity index (χ3n) is 6.51. The maximum absolute atomic E-state index is 13.7. The third-order valence-corrected chi connectivity index (χ3v) is 6.51. The number of aromatic nitrogens is 2. The van der Waals surface area contributed by atoms with E-state index in [1.54, 1.807) is 30.0 Å². The van der Waals surface area contributed by atoms with E-state index < -0.39 is 11.7 Å². The molecule has 0 saturated carbocycles. The van der Waals surface area contributed by atoms with Gasteiger partial charge in [0, 0.05) is 41.9 Å². The lowest BCUT2D eigenvalue weighted by atomic mass is 10.1. The van der Waals surface area contributed by atoms with Gasteiger partial charge in [-0.05, 0) is 74.6 Å². The molecule has 0 unspecified atom stereocenters. The number of para-hydroxylation sites is 1. The highest BCUT2D eigenvalue weighted by Crippen LogP contribution is 2.30. The number of hydrogen-bond donors (Lipinski definition) is 1. The van der Waals surface area contributed by atoms with Crippen LogP contribution >= 0.6 is 0 Å². The normalized spacial score (nSPS) is 12.6. The summed E-state index contributed by atoms with van der Waals surface area (Å²) in [6.07, 6.45) is 1.46. The molecule has 5 rings (SSSR count). The van der Waals surface area contributed by atoms with Crippen LogP contribution in [0.2, 0.25) is 0 Å². The summed E-state index contributed by atoms with van der Waals surface area (Å²) in [4.78, 5) is 34.5. The van der Waals surface area contributed by atoms with E-state index >= 15 is 0 Å². The van der Waals surface area contributed by atoms with Gasteiger partial charge in [0.25, 0.3) is 11.8 Å². The number of benzene rings is 2. The molecule has 2 amide bonds. The van der Waals surface area contributed by atoms with Crippen molar-refractivity contribution in [3.63, 3.8) is 0 Å². The molecule has 2 aromatic heterocycles. The van der Waals surface area contributed by atoms with E-state index in [9.17, 15) is 14.0 Å². The first kappa shape index (κ1) is 24.4. The number of hydrogen-bond acceptors (Lipinski definition) is 4. The van der Waals surface area contributed by atoms with Crippen molar-refractivity contribution in [1.29, 1.82) is 0 Å². The van der Waals surface area contributed by atoms with Gasteiger partial charge in [-0.15, -0.1) is 0 Å². The highest BCUT2D eigenvalue weighted by Gasteiger charge is 2.26. The van der Waals surface area contributed by atoms with Gasteiger partial charge in [-0.25, -0.2) is 9.37 Å². The lowest BCUT2D eigenvalue weighted by molar-refractivity contribution is 0.0983. The van der Waals surface area contributed by atoms with Crippen LogP contribution in [0.1, 0.15) is 43.2 Å². The van der Waals surface area contributed by atoms with Crippen LogP contribution in [0.4, 0.5) is 15.9 Å². The predicted molar refractivity (Wildman–Crippen MR) is 141 cm³/mol. The van der Waals surface area contributed by atoms with E-state index in [0.717, 1.165) is 23.5 Å². The molecule has 0 fully saturated rings. The Morgan fingerprint density at radius 2 is 1.84 bits per heavy atom. The summed E-state index contributed by atoms with van der Waals surface area (Å²) in [6, 6.07) is 19.4. The minimum absolute atomic E-state index is 0.178. The molecule has 1 aliphatic heterocycles. The zero-order valence-corrected chi connectivity index (χ0v) is 21.0. The van der Waals surface area contributed by atoms with Crippen LogP contribution in [0, 0.1) is 12.7 Å².